The number of aryl methyl sites for hydroxylation is 1. The molecule has 5 N–H and O–H groups in total. The van der Waals surface area contributed by atoms with Crippen molar-refractivity contribution in [1.82, 2.24) is 20.0 Å². The van der Waals surface area contributed by atoms with E-state index in [1.165, 1.54) is 24.3 Å². The first-order valence-electron chi connectivity index (χ1n) is 11.2. The fourth-order valence-electron chi connectivity index (χ4n) is 3.89. The minimum absolute atomic E-state index is 0.268. The number of likely N-dealkylation sites (N-methyl/N-ethyl adjacent to an activating group) is 1. The molecule has 0 amide bonds. The van der Waals surface area contributed by atoms with Gasteiger partial charge in [-0.3, -0.25) is 4.98 Å². The lowest BCUT2D eigenvalue weighted by Gasteiger charge is -2.24. The number of nitrogens with zero attached hydrogens (tertiary/aromatic N) is 4. The van der Waals surface area contributed by atoms with Gasteiger partial charge in [-0.2, -0.15) is 0 Å². The van der Waals surface area contributed by atoms with Crippen molar-refractivity contribution in [2.75, 3.05) is 18.9 Å². The highest BCUT2D eigenvalue weighted by Gasteiger charge is 2.18. The van der Waals surface area contributed by atoms with Gasteiger partial charge >= 0.3 is 0 Å². The Morgan fingerprint density at radius 2 is 2.00 bits per heavy atom. The number of aromatic nitrogens is 3. The highest BCUT2D eigenvalue weighted by Crippen LogP contribution is 2.26. The number of nitrogens with two attached hydrogens (primary N) is 2. The molecule has 1 saturated carbocycles. The van der Waals surface area contributed by atoms with Crippen LogP contribution in [0.3, 0.4) is 0 Å². The maximum absolute atomic E-state index is 6.46. The molecule has 0 aliphatic heterocycles. The molecular weight excluding hydrogens is 418 g/mol. The molecule has 0 spiro atoms. The molecule has 1 fully saturated rings. The van der Waals surface area contributed by atoms with Crippen molar-refractivity contribution < 1.29 is 9.15 Å². The van der Waals surface area contributed by atoms with Gasteiger partial charge < -0.3 is 25.2 Å². The topological polar surface area (TPSA) is 128 Å². The largest absolute Gasteiger partial charge is 0.489 e. The van der Waals surface area contributed by atoms with Gasteiger partial charge in [-0.1, -0.05) is 12.5 Å². The lowest BCUT2D eigenvalue weighted by molar-refractivity contribution is 0.153. The highest BCUT2D eigenvalue weighted by atomic mass is 16.5. The van der Waals surface area contributed by atoms with Crippen LogP contribution in [0.2, 0.25) is 0 Å². The molecule has 4 rings (SSSR count). The molecule has 9 heteroatoms. The highest BCUT2D eigenvalue weighted by molar-refractivity contribution is 5.64. The Kier molecular flexibility index (Phi) is 7.09. The van der Waals surface area contributed by atoms with E-state index in [1.807, 2.05) is 37.3 Å². The minimum Gasteiger partial charge on any atom is -0.489 e. The summed E-state index contributed by atoms with van der Waals surface area (Å²) >= 11 is 0. The summed E-state index contributed by atoms with van der Waals surface area (Å²) in [4.78, 5) is 13.2. The second-order valence-corrected chi connectivity index (χ2v) is 8.23. The van der Waals surface area contributed by atoms with Crippen LogP contribution in [0.15, 0.2) is 52.8 Å². The first-order chi connectivity index (χ1) is 16.0. The Hall–Kier alpha value is -3.59. The van der Waals surface area contributed by atoms with Crippen LogP contribution in [0.4, 0.5) is 6.01 Å². The van der Waals surface area contributed by atoms with Crippen LogP contribution in [0.1, 0.15) is 43.5 Å². The molecule has 0 atom stereocenters. The second-order valence-electron chi connectivity index (χ2n) is 8.23. The lowest BCUT2D eigenvalue weighted by Crippen LogP contribution is -2.32. The van der Waals surface area contributed by atoms with Crippen LogP contribution in [0.25, 0.3) is 17.2 Å². The van der Waals surface area contributed by atoms with Gasteiger partial charge in [-0.05, 0) is 56.9 Å². The van der Waals surface area contributed by atoms with Crippen LogP contribution in [0.5, 0.6) is 5.75 Å². The zero-order chi connectivity index (χ0) is 23.2. The average molecular weight is 450 g/mol. The molecule has 1 aliphatic carbocycles. The fraction of sp³-hybridized carbons (Fsp3) is 0.375. The maximum atomic E-state index is 6.46. The third kappa shape index (κ3) is 5.61. The SMILES string of the molecule is Cc1nc(/C(N)=C(\CNc2ncc(-c3ccccn3)o2)N(C)N)ccc1OC1CCCCC1. The number of pyridine rings is 2. The van der Waals surface area contributed by atoms with Crippen LogP contribution in [-0.4, -0.2) is 39.7 Å². The van der Waals surface area contributed by atoms with E-state index in [0.29, 0.717) is 41.1 Å². The van der Waals surface area contributed by atoms with E-state index in [-0.39, 0.29) is 6.10 Å². The van der Waals surface area contributed by atoms with Gasteiger partial charge in [0.1, 0.15) is 11.4 Å². The van der Waals surface area contributed by atoms with E-state index in [9.17, 15) is 0 Å². The predicted octanol–water partition coefficient (Wildman–Crippen LogP) is 3.70. The number of hydrogen-bond donors (Lipinski definition) is 3. The molecule has 174 valence electrons. The Bertz CT molecular complexity index is 1090. The average Bonchev–Trinajstić information content (AvgIpc) is 3.30. The Morgan fingerprint density at radius 3 is 2.70 bits per heavy atom. The smallest absolute Gasteiger partial charge is 0.295 e. The van der Waals surface area contributed by atoms with Crippen molar-refractivity contribution in [3.05, 3.63) is 59.8 Å². The van der Waals surface area contributed by atoms with Gasteiger partial charge in [0.15, 0.2) is 5.76 Å². The van der Waals surface area contributed by atoms with Crippen LogP contribution in [0, 0.1) is 6.92 Å². The molecule has 3 heterocycles. The molecule has 33 heavy (non-hydrogen) atoms. The van der Waals surface area contributed by atoms with E-state index in [0.717, 1.165) is 24.3 Å². The summed E-state index contributed by atoms with van der Waals surface area (Å²) in [7, 11) is 1.73. The summed E-state index contributed by atoms with van der Waals surface area (Å²) in [5.74, 6) is 7.45. The number of hydrazine groups is 1. The lowest BCUT2D eigenvalue weighted by atomic mass is 9.98. The Balaban J connectivity index is 1.47. The Labute approximate surface area is 193 Å². The van der Waals surface area contributed by atoms with Crippen molar-refractivity contribution in [3.63, 3.8) is 0 Å². The Morgan fingerprint density at radius 1 is 1.18 bits per heavy atom. The third-order valence-corrected chi connectivity index (χ3v) is 5.73. The molecule has 0 radical (unpaired) electrons. The van der Waals surface area contributed by atoms with Crippen LogP contribution >= 0.6 is 0 Å². The molecular formula is C24H31N7O2. The minimum atomic E-state index is 0.268. The van der Waals surface area contributed by atoms with Gasteiger partial charge in [0.25, 0.3) is 6.01 Å². The molecule has 3 aromatic heterocycles. The standard InChI is InChI=1S/C24H31N7O2/c1-16-21(32-17-8-4-3-5-9-17)12-11-19(30-16)23(25)20(31(2)26)14-28-24-29-15-22(33-24)18-10-6-7-13-27-18/h6-7,10-13,15,17H,3-5,8-9,14,25-26H2,1-2H3,(H,28,29)/b23-20-. The first kappa shape index (κ1) is 22.6. The zero-order valence-corrected chi connectivity index (χ0v) is 19.1. The van der Waals surface area contributed by atoms with Gasteiger partial charge in [-0.15, -0.1) is 0 Å². The van der Waals surface area contributed by atoms with Crippen molar-refractivity contribution in [2.45, 2.75) is 45.1 Å². The van der Waals surface area contributed by atoms with E-state index in [1.54, 1.807) is 19.4 Å². The second kappa shape index (κ2) is 10.4. The molecule has 0 unspecified atom stereocenters. The summed E-state index contributed by atoms with van der Waals surface area (Å²) in [6.45, 7) is 2.24. The summed E-state index contributed by atoms with van der Waals surface area (Å²) in [5, 5.41) is 4.60. The zero-order valence-electron chi connectivity index (χ0n) is 19.1. The monoisotopic (exact) mass is 449 g/mol. The van der Waals surface area contributed by atoms with Crippen LogP contribution < -0.4 is 21.6 Å². The number of hydrogen-bond acceptors (Lipinski definition) is 9. The van der Waals surface area contributed by atoms with Crippen molar-refractivity contribution in [1.29, 1.82) is 0 Å². The van der Waals surface area contributed by atoms with Crippen molar-refractivity contribution in [3.8, 4) is 17.2 Å². The van der Waals surface area contributed by atoms with Gasteiger partial charge in [-0.25, -0.2) is 15.8 Å². The van der Waals surface area contributed by atoms with Crippen LogP contribution in [-0.2, 0) is 0 Å². The molecule has 9 nitrogen and oxygen atoms in total. The van der Waals surface area contributed by atoms with Gasteiger partial charge in [0, 0.05) is 13.2 Å². The van der Waals surface area contributed by atoms with Crippen molar-refractivity contribution in [2.24, 2.45) is 11.6 Å². The quantitative estimate of drug-likeness (QED) is 0.348. The number of nitrogens with one attached hydrogen (secondary N) is 1. The summed E-state index contributed by atoms with van der Waals surface area (Å²) in [6.07, 6.45) is 9.52. The predicted molar refractivity (Wildman–Crippen MR) is 128 cm³/mol. The fourth-order valence-corrected chi connectivity index (χ4v) is 3.89. The molecule has 0 saturated heterocycles. The normalized spacial score (nSPS) is 15.1. The van der Waals surface area contributed by atoms with Crippen molar-refractivity contribution >= 4 is 11.7 Å². The van der Waals surface area contributed by atoms with Gasteiger partial charge in [0.05, 0.1) is 41.6 Å². The van der Waals surface area contributed by atoms with E-state index in [4.69, 9.17) is 20.7 Å². The number of anilines is 1. The summed E-state index contributed by atoms with van der Waals surface area (Å²) in [5.41, 5.74) is 9.73. The number of oxazole rings is 1. The molecule has 0 aromatic carbocycles. The maximum Gasteiger partial charge on any atom is 0.295 e. The van der Waals surface area contributed by atoms with E-state index < -0.39 is 0 Å². The number of ether oxygens (including phenoxy) is 1. The molecule has 0 bridgehead atoms. The van der Waals surface area contributed by atoms with E-state index in [2.05, 4.69) is 20.3 Å². The molecule has 1 aliphatic rings. The summed E-state index contributed by atoms with van der Waals surface area (Å²) < 4.78 is 11.9. The van der Waals surface area contributed by atoms with E-state index >= 15 is 0 Å². The first-order valence-corrected chi connectivity index (χ1v) is 11.2. The number of rotatable bonds is 8. The third-order valence-electron chi connectivity index (χ3n) is 5.73. The summed E-state index contributed by atoms with van der Waals surface area (Å²) in [6, 6.07) is 9.76. The molecule has 3 aromatic rings. The van der Waals surface area contributed by atoms with Gasteiger partial charge in [0.2, 0.25) is 0 Å².